The van der Waals surface area contributed by atoms with Gasteiger partial charge in [0, 0.05) is 5.41 Å². The van der Waals surface area contributed by atoms with E-state index in [2.05, 4.69) is 51.6 Å². The number of hydrogen-bond acceptors (Lipinski definition) is 0. The predicted octanol–water partition coefficient (Wildman–Crippen LogP) is 4.33. The maximum atomic E-state index is 3.96. The van der Waals surface area contributed by atoms with Crippen molar-refractivity contribution < 1.29 is 0 Å². The largest absolute Gasteiger partial charge is 0.0987 e. The van der Waals surface area contributed by atoms with Gasteiger partial charge in [-0.3, -0.25) is 0 Å². The average molecular weight is 198 g/mol. The third-order valence-electron chi connectivity index (χ3n) is 3.48. The second-order valence-electron chi connectivity index (χ2n) is 4.62. The molecule has 2 rings (SSSR count). The van der Waals surface area contributed by atoms with Gasteiger partial charge in [-0.15, -0.1) is 0 Å². The minimum Gasteiger partial charge on any atom is -0.0987 e. The summed E-state index contributed by atoms with van der Waals surface area (Å²) in [5.74, 6) is 0. The molecule has 0 nitrogen and oxygen atoms in total. The van der Waals surface area contributed by atoms with Gasteiger partial charge in [0.25, 0.3) is 0 Å². The van der Waals surface area contributed by atoms with Crippen LogP contribution in [0.1, 0.15) is 38.3 Å². The second-order valence-corrected chi connectivity index (χ2v) is 4.62. The van der Waals surface area contributed by atoms with Gasteiger partial charge in [-0.1, -0.05) is 57.7 Å². The van der Waals surface area contributed by atoms with Crippen molar-refractivity contribution in [2.24, 2.45) is 0 Å². The van der Waals surface area contributed by atoms with Gasteiger partial charge in [-0.05, 0) is 28.7 Å². The van der Waals surface area contributed by atoms with Crippen molar-refractivity contribution in [1.29, 1.82) is 0 Å². The Kier molecular flexibility index (Phi) is 2.30. The van der Waals surface area contributed by atoms with Crippen LogP contribution < -0.4 is 0 Å². The molecule has 0 aliphatic heterocycles. The van der Waals surface area contributed by atoms with Crippen LogP contribution in [0.2, 0.25) is 0 Å². The molecule has 0 N–H and O–H groups in total. The molecular weight excluding hydrogens is 180 g/mol. The van der Waals surface area contributed by atoms with Gasteiger partial charge in [-0.25, -0.2) is 0 Å². The monoisotopic (exact) mass is 198 g/mol. The van der Waals surface area contributed by atoms with Crippen molar-refractivity contribution in [3.8, 4) is 0 Å². The van der Waals surface area contributed by atoms with Crippen LogP contribution in [0.15, 0.2) is 42.5 Å². The molecule has 0 saturated carbocycles. The van der Waals surface area contributed by atoms with E-state index in [9.17, 15) is 0 Å². The van der Waals surface area contributed by atoms with E-state index in [1.54, 1.807) is 0 Å². The van der Waals surface area contributed by atoms with Crippen LogP contribution in [0.4, 0.5) is 0 Å². The zero-order valence-electron chi connectivity index (χ0n) is 9.80. The van der Waals surface area contributed by atoms with Gasteiger partial charge in [0.15, 0.2) is 0 Å². The molecule has 1 aromatic rings. The second kappa shape index (κ2) is 3.37. The Labute approximate surface area is 92.3 Å². The first kappa shape index (κ1) is 10.2. The molecule has 0 aromatic heterocycles. The smallest absolute Gasteiger partial charge is 0.0155 e. The Hall–Kier alpha value is -1.30. The number of hydrogen-bond donors (Lipinski definition) is 0. The first-order chi connectivity index (χ1) is 7.12. The van der Waals surface area contributed by atoms with Gasteiger partial charge in [0.2, 0.25) is 0 Å². The summed E-state index contributed by atoms with van der Waals surface area (Å²) in [6, 6.07) is 8.71. The zero-order valence-corrected chi connectivity index (χ0v) is 9.80. The number of benzene rings is 1. The Morgan fingerprint density at radius 1 is 1.27 bits per heavy atom. The van der Waals surface area contributed by atoms with Crippen molar-refractivity contribution >= 4 is 5.57 Å². The van der Waals surface area contributed by atoms with Crippen LogP contribution in [-0.2, 0) is 5.41 Å². The minimum atomic E-state index is 0.129. The highest BCUT2D eigenvalue weighted by atomic mass is 14.4. The maximum absolute atomic E-state index is 3.96. The summed E-state index contributed by atoms with van der Waals surface area (Å²) < 4.78 is 0. The topological polar surface area (TPSA) is 0 Å². The highest BCUT2D eigenvalue weighted by molar-refractivity contribution is 5.81. The lowest BCUT2D eigenvalue weighted by atomic mass is 9.81. The molecule has 0 amide bonds. The lowest BCUT2D eigenvalue weighted by Crippen LogP contribution is -2.15. The Morgan fingerprint density at radius 2 is 1.93 bits per heavy atom. The zero-order chi connectivity index (χ0) is 11.1. The normalized spacial score (nSPS) is 17.8. The SMILES string of the molecule is C=CC1=C(CC)c2ccccc2C1(C)C. The van der Waals surface area contributed by atoms with E-state index in [4.69, 9.17) is 0 Å². The maximum Gasteiger partial charge on any atom is 0.0155 e. The average Bonchev–Trinajstić information content (AvgIpc) is 2.46. The Balaban J connectivity index is 2.73. The predicted molar refractivity (Wildman–Crippen MR) is 66.9 cm³/mol. The van der Waals surface area contributed by atoms with Gasteiger partial charge in [0.1, 0.15) is 0 Å². The van der Waals surface area contributed by atoms with Crippen molar-refractivity contribution in [3.05, 3.63) is 53.6 Å². The third kappa shape index (κ3) is 1.28. The van der Waals surface area contributed by atoms with E-state index in [1.807, 2.05) is 6.08 Å². The van der Waals surface area contributed by atoms with Crippen LogP contribution in [0, 0.1) is 0 Å². The van der Waals surface area contributed by atoms with E-state index < -0.39 is 0 Å². The van der Waals surface area contributed by atoms with E-state index >= 15 is 0 Å². The molecule has 0 heterocycles. The van der Waals surface area contributed by atoms with E-state index in [0.29, 0.717) is 0 Å². The summed E-state index contributed by atoms with van der Waals surface area (Å²) in [6.45, 7) is 10.7. The van der Waals surface area contributed by atoms with E-state index in [1.165, 1.54) is 22.3 Å². The standard InChI is InChI=1S/C15H18/c1-5-11-12-9-7-8-10-14(12)15(3,4)13(11)6-2/h6-10H,2,5H2,1,3-4H3. The first-order valence-corrected chi connectivity index (χ1v) is 5.58. The molecule has 1 aliphatic rings. The molecular formula is C15H18. The molecule has 0 saturated heterocycles. The van der Waals surface area contributed by atoms with Crippen LogP contribution in [-0.4, -0.2) is 0 Å². The lowest BCUT2D eigenvalue weighted by Gasteiger charge is -2.22. The first-order valence-electron chi connectivity index (χ1n) is 5.58. The Morgan fingerprint density at radius 3 is 2.53 bits per heavy atom. The molecule has 0 unspecified atom stereocenters. The van der Waals surface area contributed by atoms with Gasteiger partial charge in [-0.2, -0.15) is 0 Å². The number of fused-ring (bicyclic) bond motifs is 1. The lowest BCUT2D eigenvalue weighted by molar-refractivity contribution is 0.654. The molecule has 0 heteroatoms. The van der Waals surface area contributed by atoms with Crippen LogP contribution in [0.5, 0.6) is 0 Å². The molecule has 1 aliphatic carbocycles. The Bertz CT molecular complexity index is 433. The van der Waals surface area contributed by atoms with Crippen molar-refractivity contribution in [1.82, 2.24) is 0 Å². The summed E-state index contributed by atoms with van der Waals surface area (Å²) in [6.07, 6.45) is 3.11. The molecule has 0 atom stereocenters. The quantitative estimate of drug-likeness (QED) is 0.663. The molecule has 0 spiro atoms. The van der Waals surface area contributed by atoms with Gasteiger partial charge < -0.3 is 0 Å². The van der Waals surface area contributed by atoms with Crippen molar-refractivity contribution in [2.75, 3.05) is 0 Å². The summed E-state index contributed by atoms with van der Waals surface area (Å²) >= 11 is 0. The summed E-state index contributed by atoms with van der Waals surface area (Å²) in [5.41, 5.74) is 5.84. The number of rotatable bonds is 2. The highest BCUT2D eigenvalue weighted by Crippen LogP contribution is 2.47. The van der Waals surface area contributed by atoms with Gasteiger partial charge >= 0.3 is 0 Å². The van der Waals surface area contributed by atoms with Crippen molar-refractivity contribution in [2.45, 2.75) is 32.6 Å². The fraction of sp³-hybridized carbons (Fsp3) is 0.333. The highest BCUT2D eigenvalue weighted by Gasteiger charge is 2.34. The van der Waals surface area contributed by atoms with Crippen LogP contribution >= 0.6 is 0 Å². The molecule has 1 aromatic carbocycles. The minimum absolute atomic E-state index is 0.129. The van der Waals surface area contributed by atoms with E-state index in [0.717, 1.165) is 6.42 Å². The van der Waals surface area contributed by atoms with Crippen molar-refractivity contribution in [3.63, 3.8) is 0 Å². The fourth-order valence-corrected chi connectivity index (χ4v) is 2.72. The molecule has 78 valence electrons. The van der Waals surface area contributed by atoms with Crippen LogP contribution in [0.3, 0.4) is 0 Å². The molecule has 0 radical (unpaired) electrons. The third-order valence-corrected chi connectivity index (χ3v) is 3.48. The summed E-state index contributed by atoms with van der Waals surface area (Å²) in [5, 5.41) is 0. The van der Waals surface area contributed by atoms with Gasteiger partial charge in [0.05, 0.1) is 0 Å². The van der Waals surface area contributed by atoms with E-state index in [-0.39, 0.29) is 5.41 Å². The molecule has 0 fully saturated rings. The van der Waals surface area contributed by atoms with Crippen LogP contribution in [0.25, 0.3) is 5.57 Å². The summed E-state index contributed by atoms with van der Waals surface area (Å²) in [7, 11) is 0. The molecule has 0 bridgehead atoms. The summed E-state index contributed by atoms with van der Waals surface area (Å²) in [4.78, 5) is 0. The molecule has 15 heavy (non-hydrogen) atoms. The number of allylic oxidation sites excluding steroid dienone is 3. The fourth-order valence-electron chi connectivity index (χ4n) is 2.72.